The number of ether oxygens (including phenoxy) is 12. The van der Waals surface area contributed by atoms with E-state index in [9.17, 15) is 4.79 Å². The largest absolute Gasteiger partial charge is 0.460 e. The second-order valence-electron chi connectivity index (χ2n) is 8.82. The second kappa shape index (κ2) is 34.1. The second-order valence-corrected chi connectivity index (χ2v) is 8.82. The summed E-state index contributed by atoms with van der Waals surface area (Å²) in [6.07, 6.45) is 0. The topological polar surface area (TPSA) is 128 Å². The van der Waals surface area contributed by atoms with E-state index in [0.717, 1.165) is 0 Å². The Kier molecular flexibility index (Phi) is 31.2. The monoisotopic (exact) mass is 634 g/mol. The van der Waals surface area contributed by atoms with Crippen molar-refractivity contribution >= 4 is 5.97 Å². The van der Waals surface area contributed by atoms with Crippen molar-refractivity contribution in [2.75, 3.05) is 152 Å². The summed E-state index contributed by atoms with van der Waals surface area (Å²) in [5.41, 5.74) is 0.526. The Morgan fingerprint density at radius 3 is 0.909 bits per heavy atom. The average Bonchev–Trinajstić information content (AvgIpc) is 3.05. The molecule has 0 saturated heterocycles. The SMILES string of the molecule is CCOCCOCCOCCOCCOCCOCCOCCOCCOCCOCCOCCOC(=O)c1ccccc1. The van der Waals surface area contributed by atoms with Crippen LogP contribution in [0.3, 0.4) is 0 Å². The van der Waals surface area contributed by atoms with Crippen molar-refractivity contribution in [1.29, 1.82) is 0 Å². The lowest BCUT2D eigenvalue weighted by molar-refractivity contribution is -0.0279. The van der Waals surface area contributed by atoms with Crippen LogP contribution in [-0.4, -0.2) is 158 Å². The highest BCUT2D eigenvalue weighted by Gasteiger charge is 2.05. The van der Waals surface area contributed by atoms with Crippen LogP contribution in [0, 0.1) is 0 Å². The third-order valence-electron chi connectivity index (χ3n) is 5.39. The number of hydrogen-bond donors (Lipinski definition) is 0. The van der Waals surface area contributed by atoms with E-state index in [2.05, 4.69) is 0 Å². The summed E-state index contributed by atoms with van der Waals surface area (Å²) in [5.74, 6) is -0.356. The molecule has 1 aromatic rings. The van der Waals surface area contributed by atoms with Gasteiger partial charge in [-0.15, -0.1) is 0 Å². The summed E-state index contributed by atoms with van der Waals surface area (Å²) in [4.78, 5) is 11.8. The Bertz CT molecular complexity index is 711. The summed E-state index contributed by atoms with van der Waals surface area (Å²) < 4.78 is 64.7. The smallest absolute Gasteiger partial charge is 0.338 e. The zero-order chi connectivity index (χ0) is 31.4. The Hall–Kier alpha value is -1.75. The van der Waals surface area contributed by atoms with Gasteiger partial charge >= 0.3 is 5.97 Å². The van der Waals surface area contributed by atoms with E-state index in [-0.39, 0.29) is 12.6 Å². The first-order valence-electron chi connectivity index (χ1n) is 15.4. The van der Waals surface area contributed by atoms with Crippen LogP contribution in [-0.2, 0) is 56.8 Å². The molecule has 0 atom stereocenters. The molecule has 0 saturated carbocycles. The zero-order valence-electron chi connectivity index (χ0n) is 26.5. The van der Waals surface area contributed by atoms with Gasteiger partial charge in [-0.2, -0.15) is 0 Å². The van der Waals surface area contributed by atoms with Crippen molar-refractivity contribution in [3.05, 3.63) is 35.9 Å². The number of carbonyl (C=O) groups is 1. The van der Waals surface area contributed by atoms with Crippen LogP contribution in [0.2, 0.25) is 0 Å². The van der Waals surface area contributed by atoms with E-state index >= 15 is 0 Å². The van der Waals surface area contributed by atoms with Gasteiger partial charge in [0.25, 0.3) is 0 Å². The van der Waals surface area contributed by atoms with Gasteiger partial charge in [0.05, 0.1) is 144 Å². The van der Waals surface area contributed by atoms with Gasteiger partial charge in [0.2, 0.25) is 0 Å². The molecule has 0 unspecified atom stereocenters. The molecule has 0 amide bonds. The first kappa shape index (κ1) is 40.3. The fraction of sp³-hybridized carbons (Fsp3) is 0.774. The van der Waals surface area contributed by atoms with E-state index in [1.807, 2.05) is 13.0 Å². The van der Waals surface area contributed by atoms with Crippen LogP contribution in [0.5, 0.6) is 0 Å². The third-order valence-corrected chi connectivity index (χ3v) is 5.39. The van der Waals surface area contributed by atoms with Gasteiger partial charge in [-0.25, -0.2) is 4.79 Å². The molecule has 13 heteroatoms. The van der Waals surface area contributed by atoms with Crippen molar-refractivity contribution in [1.82, 2.24) is 0 Å². The molecule has 0 spiro atoms. The van der Waals surface area contributed by atoms with E-state index in [0.29, 0.717) is 151 Å². The molecule has 0 heterocycles. The molecule has 13 nitrogen and oxygen atoms in total. The van der Waals surface area contributed by atoms with Gasteiger partial charge in [-0.05, 0) is 19.1 Å². The van der Waals surface area contributed by atoms with Crippen LogP contribution in [0.25, 0.3) is 0 Å². The lowest BCUT2D eigenvalue weighted by Crippen LogP contribution is -2.15. The molecule has 44 heavy (non-hydrogen) atoms. The molecule has 1 aromatic carbocycles. The highest BCUT2D eigenvalue weighted by Crippen LogP contribution is 2.00. The molecule has 0 fully saturated rings. The molecule has 256 valence electrons. The molecular formula is C31H54O13. The lowest BCUT2D eigenvalue weighted by Gasteiger charge is -2.09. The molecule has 0 aliphatic heterocycles. The third kappa shape index (κ3) is 29.0. The van der Waals surface area contributed by atoms with Gasteiger partial charge in [-0.1, -0.05) is 18.2 Å². The quantitative estimate of drug-likeness (QED) is 0.0799. The van der Waals surface area contributed by atoms with Crippen LogP contribution in [0.15, 0.2) is 30.3 Å². The number of carbonyl (C=O) groups excluding carboxylic acids is 1. The number of rotatable bonds is 35. The van der Waals surface area contributed by atoms with Crippen molar-refractivity contribution in [2.45, 2.75) is 6.92 Å². The fourth-order valence-corrected chi connectivity index (χ4v) is 3.19. The minimum absolute atomic E-state index is 0.203. The summed E-state index contributed by atoms with van der Waals surface area (Å²) in [6, 6.07) is 8.85. The summed E-state index contributed by atoms with van der Waals surface area (Å²) >= 11 is 0. The Morgan fingerprint density at radius 1 is 0.386 bits per heavy atom. The van der Waals surface area contributed by atoms with Gasteiger partial charge < -0.3 is 56.8 Å². The van der Waals surface area contributed by atoms with Crippen LogP contribution in [0.4, 0.5) is 0 Å². The number of hydrogen-bond acceptors (Lipinski definition) is 13. The molecule has 0 aromatic heterocycles. The van der Waals surface area contributed by atoms with Crippen LogP contribution < -0.4 is 0 Å². The molecule has 1 rings (SSSR count). The molecule has 0 bridgehead atoms. The summed E-state index contributed by atoms with van der Waals surface area (Å²) in [7, 11) is 0. The van der Waals surface area contributed by atoms with Crippen molar-refractivity contribution in [3.63, 3.8) is 0 Å². The first-order valence-corrected chi connectivity index (χ1v) is 15.4. The predicted molar refractivity (Wildman–Crippen MR) is 161 cm³/mol. The average molecular weight is 635 g/mol. The highest BCUT2D eigenvalue weighted by atomic mass is 16.6. The highest BCUT2D eigenvalue weighted by molar-refractivity contribution is 5.89. The Labute approximate surface area is 262 Å². The summed E-state index contributed by atoms with van der Waals surface area (Å²) in [6.45, 7) is 13.4. The van der Waals surface area contributed by atoms with Gasteiger partial charge in [-0.3, -0.25) is 0 Å². The van der Waals surface area contributed by atoms with Gasteiger partial charge in [0, 0.05) is 6.61 Å². The van der Waals surface area contributed by atoms with Crippen molar-refractivity contribution in [3.8, 4) is 0 Å². The number of esters is 1. The predicted octanol–water partition coefficient (Wildman–Crippen LogP) is 2.05. The normalized spacial score (nSPS) is 11.3. The van der Waals surface area contributed by atoms with Crippen LogP contribution >= 0.6 is 0 Å². The first-order chi connectivity index (χ1) is 21.8. The zero-order valence-corrected chi connectivity index (χ0v) is 26.5. The van der Waals surface area contributed by atoms with E-state index in [4.69, 9.17) is 56.8 Å². The molecule has 0 aliphatic rings. The maximum Gasteiger partial charge on any atom is 0.338 e. The maximum atomic E-state index is 11.8. The molecular weight excluding hydrogens is 580 g/mol. The van der Waals surface area contributed by atoms with E-state index in [1.165, 1.54) is 0 Å². The fourth-order valence-electron chi connectivity index (χ4n) is 3.19. The molecule has 0 radical (unpaired) electrons. The minimum atomic E-state index is -0.356. The van der Waals surface area contributed by atoms with E-state index < -0.39 is 0 Å². The summed E-state index contributed by atoms with van der Waals surface area (Å²) in [5, 5.41) is 0. The van der Waals surface area contributed by atoms with E-state index in [1.54, 1.807) is 24.3 Å². The van der Waals surface area contributed by atoms with Gasteiger partial charge in [0.1, 0.15) is 6.61 Å². The standard InChI is InChI=1S/C31H54O13/c1-2-33-8-9-34-10-11-35-12-13-36-14-15-37-16-17-38-18-19-39-20-21-40-22-23-41-24-25-42-26-27-43-28-29-44-31(32)30-6-4-3-5-7-30/h3-7H,2,8-29H2,1H3. The van der Waals surface area contributed by atoms with Crippen molar-refractivity contribution < 1.29 is 61.6 Å². The van der Waals surface area contributed by atoms with Gasteiger partial charge in [0.15, 0.2) is 0 Å². The Morgan fingerprint density at radius 2 is 0.636 bits per heavy atom. The number of benzene rings is 1. The van der Waals surface area contributed by atoms with Crippen LogP contribution in [0.1, 0.15) is 17.3 Å². The lowest BCUT2D eigenvalue weighted by atomic mass is 10.2. The Balaban J connectivity index is 1.64. The minimum Gasteiger partial charge on any atom is -0.460 e. The maximum absolute atomic E-state index is 11.8. The molecule has 0 aliphatic carbocycles. The van der Waals surface area contributed by atoms with Crippen molar-refractivity contribution in [2.24, 2.45) is 0 Å². The molecule has 0 N–H and O–H groups in total.